The van der Waals surface area contributed by atoms with Crippen LogP contribution in [0.1, 0.15) is 43.2 Å². The van der Waals surface area contributed by atoms with E-state index in [0.717, 1.165) is 30.1 Å². The summed E-state index contributed by atoms with van der Waals surface area (Å²) < 4.78 is 1.85. The number of aryl methyl sites for hydroxylation is 1. The lowest BCUT2D eigenvalue weighted by atomic mass is 10.2. The predicted octanol–water partition coefficient (Wildman–Crippen LogP) is 1.95. The molecule has 0 bridgehead atoms. The van der Waals surface area contributed by atoms with Crippen molar-refractivity contribution >= 4 is 23.3 Å². The van der Waals surface area contributed by atoms with Crippen molar-refractivity contribution in [2.24, 2.45) is 0 Å². The molecule has 2 rings (SSSR count). The highest BCUT2D eigenvalue weighted by Crippen LogP contribution is 2.24. The zero-order valence-corrected chi connectivity index (χ0v) is 16.4. The van der Waals surface area contributed by atoms with Crippen LogP contribution in [0.15, 0.2) is 18.3 Å². The van der Waals surface area contributed by atoms with E-state index < -0.39 is 0 Å². The van der Waals surface area contributed by atoms with Gasteiger partial charge in [0.15, 0.2) is 0 Å². The van der Waals surface area contributed by atoms with Crippen molar-refractivity contribution in [3.63, 3.8) is 0 Å². The number of anilines is 1. The third-order valence-corrected chi connectivity index (χ3v) is 4.28. The first kappa shape index (κ1) is 19.9. The highest BCUT2D eigenvalue weighted by Gasteiger charge is 2.20. The molecule has 7 heteroatoms. The number of imidazole rings is 1. The van der Waals surface area contributed by atoms with E-state index in [1.54, 1.807) is 24.1 Å². The van der Waals surface area contributed by atoms with E-state index in [4.69, 9.17) is 0 Å². The molecule has 0 fully saturated rings. The molecule has 0 atom stereocenters. The van der Waals surface area contributed by atoms with Crippen LogP contribution in [0.25, 0.3) is 5.65 Å². The summed E-state index contributed by atoms with van der Waals surface area (Å²) in [5, 5.41) is 2.95. The lowest BCUT2D eigenvalue weighted by Gasteiger charge is -2.20. The lowest BCUT2D eigenvalue weighted by Crippen LogP contribution is -2.30. The molecule has 0 aliphatic rings. The summed E-state index contributed by atoms with van der Waals surface area (Å²) in [6, 6.07) is 3.60. The fourth-order valence-electron chi connectivity index (χ4n) is 2.96. The minimum Gasteiger partial charge on any atom is -0.352 e. The Bertz CT molecular complexity index is 782. The molecule has 1 N–H and O–H groups in total. The second-order valence-electron chi connectivity index (χ2n) is 6.56. The smallest absolute Gasteiger partial charge is 0.252 e. The van der Waals surface area contributed by atoms with Gasteiger partial charge in [-0.15, -0.1) is 0 Å². The van der Waals surface area contributed by atoms with Gasteiger partial charge in [0.05, 0.1) is 11.3 Å². The Balaban J connectivity index is 2.31. The van der Waals surface area contributed by atoms with E-state index in [1.807, 2.05) is 38.4 Å². The van der Waals surface area contributed by atoms with Crippen LogP contribution >= 0.6 is 0 Å². The maximum atomic E-state index is 12.5. The van der Waals surface area contributed by atoms with Crippen molar-refractivity contribution in [3.05, 3.63) is 29.6 Å². The van der Waals surface area contributed by atoms with Gasteiger partial charge < -0.3 is 10.2 Å². The van der Waals surface area contributed by atoms with Gasteiger partial charge in [-0.3, -0.25) is 18.9 Å². The van der Waals surface area contributed by atoms with E-state index >= 15 is 0 Å². The summed E-state index contributed by atoms with van der Waals surface area (Å²) in [6.45, 7) is 7.59. The van der Waals surface area contributed by atoms with Crippen LogP contribution < -0.4 is 10.2 Å². The van der Waals surface area contributed by atoms with Gasteiger partial charge in [0.1, 0.15) is 11.5 Å². The van der Waals surface area contributed by atoms with Gasteiger partial charge in [0, 0.05) is 26.2 Å². The number of hydrogen-bond acceptors (Lipinski definition) is 4. The molecule has 0 saturated carbocycles. The minimum atomic E-state index is -0.116. The topological polar surface area (TPSA) is 70.0 Å². The summed E-state index contributed by atoms with van der Waals surface area (Å²) in [7, 11) is 4.02. The molecule has 0 unspecified atom stereocenters. The molecular weight excluding hydrogens is 330 g/mol. The van der Waals surface area contributed by atoms with Crippen molar-refractivity contribution in [1.29, 1.82) is 0 Å². The molecule has 0 aliphatic heterocycles. The molecular formula is C19H29N5O2. The highest BCUT2D eigenvalue weighted by molar-refractivity contribution is 5.95. The number of fused-ring (bicyclic) bond motifs is 1. The Morgan fingerprint density at radius 3 is 2.54 bits per heavy atom. The number of carbonyl (C=O) groups excluding carboxylic acids is 2. The van der Waals surface area contributed by atoms with Crippen LogP contribution in [0, 0.1) is 0 Å². The van der Waals surface area contributed by atoms with E-state index in [2.05, 4.69) is 15.2 Å². The number of aromatic nitrogens is 2. The van der Waals surface area contributed by atoms with E-state index in [1.165, 1.54) is 0 Å². The Morgan fingerprint density at radius 2 is 1.96 bits per heavy atom. The first-order valence-corrected chi connectivity index (χ1v) is 9.11. The third-order valence-electron chi connectivity index (χ3n) is 4.28. The molecule has 2 aromatic rings. The van der Waals surface area contributed by atoms with Gasteiger partial charge in [0.2, 0.25) is 5.91 Å². The van der Waals surface area contributed by atoms with E-state index in [9.17, 15) is 9.59 Å². The van der Waals surface area contributed by atoms with Gasteiger partial charge >= 0.3 is 0 Å². The Labute approximate surface area is 155 Å². The number of hydrogen-bond donors (Lipinski definition) is 1. The molecule has 0 aromatic carbocycles. The standard InChI is InChI=1S/C19H29N5O2/c1-6-16-19(23(7-2)14(3)25)24-13-15(9-10-17(24)21-16)18(26)20-11-8-12-22(4)5/h9-10,13H,6-8,11-12H2,1-5H3,(H,20,26). The maximum absolute atomic E-state index is 12.5. The molecule has 2 amide bonds. The predicted molar refractivity (Wildman–Crippen MR) is 104 cm³/mol. The quantitative estimate of drug-likeness (QED) is 0.732. The average Bonchev–Trinajstić information content (AvgIpc) is 2.96. The minimum absolute atomic E-state index is 0.0393. The number of pyridine rings is 1. The molecule has 2 heterocycles. The number of amides is 2. The van der Waals surface area contributed by atoms with Crippen LogP contribution in [-0.2, 0) is 11.2 Å². The molecule has 0 saturated heterocycles. The van der Waals surface area contributed by atoms with Gasteiger partial charge in [-0.2, -0.15) is 0 Å². The second-order valence-corrected chi connectivity index (χ2v) is 6.56. The van der Waals surface area contributed by atoms with E-state index in [0.29, 0.717) is 25.1 Å². The van der Waals surface area contributed by atoms with Gasteiger partial charge in [-0.1, -0.05) is 6.92 Å². The Hall–Kier alpha value is -2.41. The summed E-state index contributed by atoms with van der Waals surface area (Å²) >= 11 is 0. The zero-order valence-electron chi connectivity index (χ0n) is 16.4. The van der Waals surface area contributed by atoms with Crippen LogP contribution in [0.3, 0.4) is 0 Å². The lowest BCUT2D eigenvalue weighted by molar-refractivity contribution is -0.116. The molecule has 26 heavy (non-hydrogen) atoms. The van der Waals surface area contributed by atoms with Crippen molar-refractivity contribution in [2.45, 2.75) is 33.6 Å². The SMILES string of the molecule is CCc1nc2ccc(C(=O)NCCCN(C)C)cn2c1N(CC)C(C)=O. The second kappa shape index (κ2) is 8.80. The monoisotopic (exact) mass is 359 g/mol. The van der Waals surface area contributed by atoms with Gasteiger partial charge in [-0.25, -0.2) is 4.98 Å². The molecule has 0 aliphatic carbocycles. The zero-order chi connectivity index (χ0) is 19.3. The first-order valence-electron chi connectivity index (χ1n) is 9.11. The largest absolute Gasteiger partial charge is 0.352 e. The fraction of sp³-hybridized carbons (Fsp3) is 0.526. The molecule has 0 spiro atoms. The van der Waals surface area contributed by atoms with Crippen molar-refractivity contribution in [2.75, 3.05) is 38.6 Å². The number of carbonyl (C=O) groups is 2. The number of rotatable bonds is 8. The first-order chi connectivity index (χ1) is 12.4. The van der Waals surface area contributed by atoms with Gasteiger partial charge in [-0.05, 0) is 52.5 Å². The van der Waals surface area contributed by atoms with Crippen LogP contribution in [0.2, 0.25) is 0 Å². The molecule has 142 valence electrons. The van der Waals surface area contributed by atoms with E-state index in [-0.39, 0.29) is 11.8 Å². The molecule has 2 aromatic heterocycles. The normalized spacial score (nSPS) is 11.2. The number of nitrogens with zero attached hydrogens (tertiary/aromatic N) is 4. The maximum Gasteiger partial charge on any atom is 0.252 e. The molecule has 7 nitrogen and oxygen atoms in total. The number of nitrogens with one attached hydrogen (secondary N) is 1. The van der Waals surface area contributed by atoms with Crippen molar-refractivity contribution < 1.29 is 9.59 Å². The third kappa shape index (κ3) is 4.40. The Kier molecular flexibility index (Phi) is 6.74. The van der Waals surface area contributed by atoms with Crippen molar-refractivity contribution in [3.8, 4) is 0 Å². The summed E-state index contributed by atoms with van der Waals surface area (Å²) in [6.07, 6.45) is 3.38. The summed E-state index contributed by atoms with van der Waals surface area (Å²) in [5.41, 5.74) is 2.15. The van der Waals surface area contributed by atoms with Crippen molar-refractivity contribution in [1.82, 2.24) is 19.6 Å². The summed E-state index contributed by atoms with van der Waals surface area (Å²) in [4.78, 5) is 32.9. The van der Waals surface area contributed by atoms with Crippen LogP contribution in [-0.4, -0.2) is 59.8 Å². The summed E-state index contributed by atoms with van der Waals surface area (Å²) in [5.74, 6) is 0.594. The highest BCUT2D eigenvalue weighted by atomic mass is 16.2. The fourth-order valence-corrected chi connectivity index (χ4v) is 2.96. The van der Waals surface area contributed by atoms with Gasteiger partial charge in [0.25, 0.3) is 5.91 Å². The average molecular weight is 359 g/mol. The van der Waals surface area contributed by atoms with Crippen LogP contribution in [0.5, 0.6) is 0 Å². The molecule has 0 radical (unpaired) electrons. The Morgan fingerprint density at radius 1 is 1.23 bits per heavy atom. The van der Waals surface area contributed by atoms with Crippen LogP contribution in [0.4, 0.5) is 5.82 Å².